The van der Waals surface area contributed by atoms with E-state index in [-0.39, 0.29) is 34.6 Å². The zero-order valence-corrected chi connectivity index (χ0v) is 18.1. The van der Waals surface area contributed by atoms with Crippen LogP contribution in [-0.4, -0.2) is 28.6 Å². The number of allylic oxidation sites excluding steroid dienone is 1. The van der Waals surface area contributed by atoms with Crippen LogP contribution in [0.15, 0.2) is 11.6 Å². The average molecular weight is 389 g/mol. The maximum atomic E-state index is 12.5. The highest BCUT2D eigenvalue weighted by atomic mass is 16.5. The molecule has 2 unspecified atom stereocenters. The molecule has 4 nitrogen and oxygen atoms in total. The van der Waals surface area contributed by atoms with Crippen LogP contribution in [0, 0.1) is 34.5 Å². The van der Waals surface area contributed by atoms with Crippen LogP contribution in [0.1, 0.15) is 79.6 Å². The predicted molar refractivity (Wildman–Crippen MR) is 107 cm³/mol. The molecule has 0 heterocycles. The maximum Gasteiger partial charge on any atom is 0.302 e. The molecule has 3 saturated carbocycles. The molecule has 0 bridgehead atoms. The lowest BCUT2D eigenvalue weighted by molar-refractivity contribution is -0.165. The van der Waals surface area contributed by atoms with Gasteiger partial charge in [-0.1, -0.05) is 32.4 Å². The summed E-state index contributed by atoms with van der Waals surface area (Å²) in [5.74, 6) is 1.33. The van der Waals surface area contributed by atoms with Gasteiger partial charge in [-0.2, -0.15) is 0 Å². The van der Waals surface area contributed by atoms with Gasteiger partial charge in [-0.25, -0.2) is 0 Å². The van der Waals surface area contributed by atoms with Crippen molar-refractivity contribution < 1.29 is 19.4 Å². The van der Waals surface area contributed by atoms with E-state index in [0.29, 0.717) is 17.8 Å². The Hall–Kier alpha value is -1.16. The van der Waals surface area contributed by atoms with E-state index in [1.165, 1.54) is 12.5 Å². The summed E-state index contributed by atoms with van der Waals surface area (Å²) in [6, 6.07) is 0. The normalized spacial score (nSPS) is 50.1. The minimum absolute atomic E-state index is 0.0246. The second-order valence-corrected chi connectivity index (χ2v) is 10.6. The molecule has 0 amide bonds. The predicted octanol–water partition coefficient (Wildman–Crippen LogP) is 4.45. The molecule has 8 atom stereocenters. The molecule has 3 fully saturated rings. The van der Waals surface area contributed by atoms with Crippen molar-refractivity contribution in [2.75, 3.05) is 0 Å². The molecule has 0 aliphatic heterocycles. The number of carbonyl (C=O) groups excluding carboxylic acids is 2. The summed E-state index contributed by atoms with van der Waals surface area (Å²) in [7, 11) is 0. The third-order valence-electron chi connectivity index (χ3n) is 9.51. The van der Waals surface area contributed by atoms with Gasteiger partial charge in [0.05, 0.1) is 0 Å². The fourth-order valence-corrected chi connectivity index (χ4v) is 8.05. The van der Waals surface area contributed by atoms with Gasteiger partial charge in [-0.15, -0.1) is 0 Å². The van der Waals surface area contributed by atoms with Crippen LogP contribution < -0.4 is 0 Å². The first-order valence-corrected chi connectivity index (χ1v) is 11.1. The summed E-state index contributed by atoms with van der Waals surface area (Å²) in [4.78, 5) is 23.9. The highest BCUT2D eigenvalue weighted by Crippen LogP contribution is 2.68. The van der Waals surface area contributed by atoms with Crippen molar-refractivity contribution in [3.8, 4) is 0 Å². The van der Waals surface area contributed by atoms with Crippen LogP contribution in [0.3, 0.4) is 0 Å². The Kier molecular flexibility index (Phi) is 4.61. The number of esters is 1. The summed E-state index contributed by atoms with van der Waals surface area (Å²) >= 11 is 0. The van der Waals surface area contributed by atoms with E-state index in [1.54, 1.807) is 6.92 Å². The van der Waals surface area contributed by atoms with Gasteiger partial charge in [0.2, 0.25) is 0 Å². The van der Waals surface area contributed by atoms with Crippen LogP contribution in [0.5, 0.6) is 0 Å². The molecular weight excluding hydrogens is 352 g/mol. The zero-order valence-electron chi connectivity index (χ0n) is 18.1. The largest absolute Gasteiger partial charge is 0.462 e. The number of ether oxygens (including phenoxy) is 1. The van der Waals surface area contributed by atoms with Crippen LogP contribution in [0.2, 0.25) is 0 Å². The summed E-state index contributed by atoms with van der Waals surface area (Å²) in [6.45, 7) is 9.73. The molecule has 0 aromatic heterocycles. The average Bonchev–Trinajstić information content (AvgIpc) is 2.83. The van der Waals surface area contributed by atoms with E-state index in [4.69, 9.17) is 4.74 Å². The van der Waals surface area contributed by atoms with E-state index in [1.807, 2.05) is 0 Å². The minimum atomic E-state index is -1.18. The number of hydrogen-bond donors (Lipinski definition) is 1. The highest BCUT2D eigenvalue weighted by molar-refractivity contribution is 5.86. The number of ketones is 1. The van der Waals surface area contributed by atoms with Gasteiger partial charge in [-0.05, 0) is 74.5 Å². The first-order chi connectivity index (χ1) is 13.0. The van der Waals surface area contributed by atoms with Gasteiger partial charge in [0, 0.05) is 18.8 Å². The van der Waals surface area contributed by atoms with Crippen LogP contribution in [0.25, 0.3) is 0 Å². The molecule has 156 valence electrons. The molecule has 4 heteroatoms. The molecule has 4 rings (SSSR count). The van der Waals surface area contributed by atoms with Crippen LogP contribution in [0.4, 0.5) is 0 Å². The number of aliphatic hydroxyl groups is 1. The van der Waals surface area contributed by atoms with Crippen molar-refractivity contribution in [3.05, 3.63) is 11.6 Å². The topological polar surface area (TPSA) is 63.6 Å². The summed E-state index contributed by atoms with van der Waals surface area (Å²) < 4.78 is 5.52. The summed E-state index contributed by atoms with van der Waals surface area (Å²) in [5.41, 5.74) is 0.153. The van der Waals surface area contributed by atoms with Crippen LogP contribution >= 0.6 is 0 Å². The number of rotatable bonds is 2. The Morgan fingerprint density at radius 2 is 1.86 bits per heavy atom. The van der Waals surface area contributed by atoms with E-state index in [0.717, 1.165) is 44.9 Å². The Morgan fingerprint density at radius 3 is 2.50 bits per heavy atom. The molecule has 0 aromatic carbocycles. The molecule has 0 spiro atoms. The number of fused-ring (bicyclic) bond motifs is 5. The van der Waals surface area contributed by atoms with Gasteiger partial charge < -0.3 is 9.84 Å². The van der Waals surface area contributed by atoms with E-state index < -0.39 is 5.60 Å². The molecule has 1 N–H and O–H groups in total. The smallest absolute Gasteiger partial charge is 0.302 e. The second kappa shape index (κ2) is 6.42. The van der Waals surface area contributed by atoms with Gasteiger partial charge in [0.25, 0.3) is 0 Å². The fourth-order valence-electron chi connectivity index (χ4n) is 8.05. The number of carbonyl (C=O) groups is 2. The van der Waals surface area contributed by atoms with E-state index >= 15 is 0 Å². The first kappa shape index (κ1) is 20.1. The summed E-state index contributed by atoms with van der Waals surface area (Å²) in [6.07, 6.45) is 9.29. The van der Waals surface area contributed by atoms with Crippen molar-refractivity contribution >= 4 is 11.8 Å². The number of Topliss-reactive ketones (excluding diaryl/α,β-unsaturated/α-hetero) is 1. The van der Waals surface area contributed by atoms with E-state index in [9.17, 15) is 14.7 Å². The molecule has 28 heavy (non-hydrogen) atoms. The fraction of sp³-hybridized carbons (Fsp3) is 0.833. The second-order valence-electron chi connectivity index (χ2n) is 10.6. The first-order valence-electron chi connectivity index (χ1n) is 11.1. The van der Waals surface area contributed by atoms with Crippen LogP contribution in [-0.2, 0) is 14.3 Å². The monoisotopic (exact) mass is 388 g/mol. The SMILES string of the molecule is CC(=O)O[C@@H]1CC[C@@]2(C)C(=CC[C@@H]3C2CC[C@@]2(C)C3C[C@@H](C)[C@]2(O)C(C)=O)C1. The molecule has 0 saturated heterocycles. The van der Waals surface area contributed by atoms with E-state index in [2.05, 4.69) is 26.8 Å². The maximum absolute atomic E-state index is 12.5. The third-order valence-corrected chi connectivity index (χ3v) is 9.51. The van der Waals surface area contributed by atoms with Gasteiger partial charge in [0.15, 0.2) is 5.78 Å². The van der Waals surface area contributed by atoms with Crippen molar-refractivity contribution in [1.82, 2.24) is 0 Å². The van der Waals surface area contributed by atoms with Crippen molar-refractivity contribution in [1.29, 1.82) is 0 Å². The van der Waals surface area contributed by atoms with Crippen molar-refractivity contribution in [3.63, 3.8) is 0 Å². The molecule has 0 radical (unpaired) electrons. The molecule has 4 aliphatic rings. The Balaban J connectivity index is 1.64. The quantitative estimate of drug-likeness (QED) is 0.561. The Labute approximate surface area is 169 Å². The van der Waals surface area contributed by atoms with Gasteiger partial charge in [-0.3, -0.25) is 9.59 Å². The van der Waals surface area contributed by atoms with Gasteiger partial charge >= 0.3 is 5.97 Å². The molecule has 0 aromatic rings. The van der Waals surface area contributed by atoms with Crippen molar-refractivity contribution in [2.45, 2.75) is 91.3 Å². The van der Waals surface area contributed by atoms with Crippen molar-refractivity contribution in [2.24, 2.45) is 34.5 Å². The lowest BCUT2D eigenvalue weighted by Gasteiger charge is -2.58. The Morgan fingerprint density at radius 1 is 1.14 bits per heavy atom. The number of hydrogen-bond acceptors (Lipinski definition) is 4. The minimum Gasteiger partial charge on any atom is -0.462 e. The summed E-state index contributed by atoms with van der Waals surface area (Å²) in [5, 5.41) is 11.5. The lowest BCUT2D eigenvalue weighted by atomic mass is 9.46. The third kappa shape index (κ3) is 2.52. The Bertz CT molecular complexity index is 726. The van der Waals surface area contributed by atoms with Gasteiger partial charge in [0.1, 0.15) is 11.7 Å². The highest BCUT2D eigenvalue weighted by Gasteiger charge is 2.67. The molecular formula is C24H36O4. The lowest BCUT2D eigenvalue weighted by Crippen LogP contribution is -2.58. The standard InChI is InChI=1S/C24H36O4/c1-14-12-21-19-7-6-17-13-18(28-16(3)26)8-10-22(17,4)20(19)9-11-23(21,5)24(14,27)15(2)25/h6,14,18-21,27H,7-13H2,1-5H3/t14-,18-,19-,20?,21?,22+,23+,24+/m1/s1. The zero-order chi connectivity index (χ0) is 20.5. The molecule has 4 aliphatic carbocycles.